The van der Waals surface area contributed by atoms with E-state index in [4.69, 9.17) is 20.8 Å². The average molecular weight is 1630 g/mol. The minimum absolute atomic E-state index is 0. The summed E-state index contributed by atoms with van der Waals surface area (Å²) in [6.45, 7) is 3.56. The molecule has 512 valence electrons. The van der Waals surface area contributed by atoms with Crippen LogP contribution >= 0.6 is 0 Å². The molecule has 0 aromatic heterocycles. The summed E-state index contributed by atoms with van der Waals surface area (Å²) in [7, 11) is 0. The van der Waals surface area contributed by atoms with Crippen LogP contribution in [0.5, 0.6) is 11.5 Å². The van der Waals surface area contributed by atoms with Crippen LogP contribution < -0.4 is 30.6 Å². The Balaban J connectivity index is 0.000000597. The van der Waals surface area contributed by atoms with Crippen LogP contribution in [0, 0.1) is 91.1 Å². The molecule has 0 aliphatic carbocycles. The standard InChI is InChI=1S/4C15H12O2.2C9H10N2O3.2H2O.2Tb/c4*16-14(12-7-3-1-4-8-12)11-15(17)13-9-5-2-6-10-13;2*1-6-2-7(4-10-13)9(12)8(3-6)5-11-14;;;;/h4*1-11,16H;2*2-5,12-14H,1H3;2*1H2;;/q;;;;;;;;2*+3/p-6/b4*14-11-;2*10-4+,11-5+;;;;. The Bertz CT molecular complexity index is 3800. The fraction of sp³-hybridized carbons (Fsp3) is 0.0256. The molecule has 0 fully saturated rings. The summed E-state index contributed by atoms with van der Waals surface area (Å²) < 4.78 is 0. The molecule has 0 amide bonds. The molecule has 10 aromatic rings. The van der Waals surface area contributed by atoms with E-state index in [2.05, 4.69) is 20.6 Å². The molecular formula is C78H66N4O16Tb2. The van der Waals surface area contributed by atoms with Crippen LogP contribution in [0.15, 0.2) is 312 Å². The van der Waals surface area contributed by atoms with Crippen molar-refractivity contribution >= 4 is 71.0 Å². The number of ketones is 4. The molecular weight excluding hydrogens is 1570 g/mol. The number of rotatable bonds is 16. The second-order valence-corrected chi connectivity index (χ2v) is 19.9. The molecule has 0 spiro atoms. The van der Waals surface area contributed by atoms with Gasteiger partial charge in [0, 0.05) is 22.3 Å². The summed E-state index contributed by atoms with van der Waals surface area (Å²) >= 11 is 0. The number of oxime groups is 4. The zero-order chi connectivity index (χ0) is 69.5. The fourth-order valence-corrected chi connectivity index (χ4v) is 8.25. The molecule has 0 unspecified atom stereocenters. The third-order valence-corrected chi connectivity index (χ3v) is 12.9. The number of carbonyl (C=O) groups is 4. The summed E-state index contributed by atoms with van der Waals surface area (Å²) in [4.78, 5) is 47.0. The molecule has 10 aromatic carbocycles. The normalized spacial score (nSPS) is 10.8. The molecule has 0 aliphatic rings. The van der Waals surface area contributed by atoms with Crippen LogP contribution in [0.3, 0.4) is 0 Å². The van der Waals surface area contributed by atoms with Crippen LogP contribution in [-0.2, 0) is 0 Å². The van der Waals surface area contributed by atoms with Crippen molar-refractivity contribution < 1.29 is 159 Å². The number of hydrogen-bond acceptors (Lipinski definition) is 18. The molecule has 0 aliphatic heterocycles. The molecule has 0 saturated heterocycles. The number of hydrogen-bond donors (Lipinski definition) is 4. The van der Waals surface area contributed by atoms with E-state index < -0.39 is 0 Å². The van der Waals surface area contributed by atoms with Crippen LogP contribution in [0.4, 0.5) is 0 Å². The predicted molar refractivity (Wildman–Crippen MR) is 367 cm³/mol. The molecule has 8 N–H and O–H groups in total. The summed E-state index contributed by atoms with van der Waals surface area (Å²) in [6.07, 6.45) is 8.70. The van der Waals surface area contributed by atoms with E-state index in [1.807, 2.05) is 48.5 Å². The van der Waals surface area contributed by atoms with Crippen molar-refractivity contribution in [2.45, 2.75) is 13.8 Å². The maximum atomic E-state index is 11.8. The molecule has 0 bridgehead atoms. The molecule has 20 nitrogen and oxygen atoms in total. The van der Waals surface area contributed by atoms with Crippen molar-refractivity contribution in [1.29, 1.82) is 0 Å². The molecule has 22 heteroatoms. The van der Waals surface area contributed by atoms with Gasteiger partial charge in [0.15, 0.2) is 23.1 Å². The van der Waals surface area contributed by atoms with Gasteiger partial charge in [0.25, 0.3) is 0 Å². The Morgan fingerprint density at radius 2 is 0.420 bits per heavy atom. The van der Waals surface area contributed by atoms with E-state index in [0.717, 1.165) is 60.3 Å². The van der Waals surface area contributed by atoms with Gasteiger partial charge in [0.1, 0.15) is 0 Å². The maximum absolute atomic E-state index is 11.8. The van der Waals surface area contributed by atoms with Gasteiger partial charge in [-0.3, -0.25) is 19.2 Å². The number of carbonyl (C=O) groups excluding carboxylic acids is 4. The summed E-state index contributed by atoms with van der Waals surface area (Å²) in [5, 5.41) is 114. The topological polar surface area (TPSA) is 400 Å². The van der Waals surface area contributed by atoms with Gasteiger partial charge >= 0.3 is 77.2 Å². The number of allylic oxidation sites excluding steroid dienone is 4. The molecule has 0 heterocycles. The van der Waals surface area contributed by atoms with E-state index in [1.165, 1.54) is 0 Å². The Morgan fingerprint density at radius 1 is 0.280 bits per heavy atom. The van der Waals surface area contributed by atoms with Crippen molar-refractivity contribution in [1.82, 2.24) is 0 Å². The summed E-state index contributed by atoms with van der Waals surface area (Å²) in [5.74, 6) is -2.80. The zero-order valence-electron chi connectivity index (χ0n) is 53.3. The van der Waals surface area contributed by atoms with Gasteiger partial charge in [-0.25, -0.2) is 0 Å². The van der Waals surface area contributed by atoms with E-state index in [9.17, 15) is 49.8 Å². The van der Waals surface area contributed by atoms with Crippen LogP contribution in [0.1, 0.15) is 97.1 Å². The molecule has 100 heavy (non-hydrogen) atoms. The van der Waals surface area contributed by atoms with Gasteiger partial charge in [-0.05, 0) is 93.8 Å². The van der Waals surface area contributed by atoms with E-state index >= 15 is 0 Å². The van der Waals surface area contributed by atoms with Gasteiger partial charge in [-0.15, -0.1) is 0 Å². The van der Waals surface area contributed by atoms with Crippen LogP contribution in [0.25, 0.3) is 23.0 Å². The third-order valence-electron chi connectivity index (χ3n) is 12.9. The molecule has 10 rings (SSSR count). The number of aryl methyl sites for hydroxylation is 2. The Kier molecular flexibility index (Phi) is 42.4. The molecule has 0 saturated carbocycles. The van der Waals surface area contributed by atoms with Crippen LogP contribution in [0.2, 0.25) is 0 Å². The van der Waals surface area contributed by atoms with Gasteiger partial charge in [0.05, 0.1) is 24.9 Å². The first-order valence-electron chi connectivity index (χ1n) is 28.9. The monoisotopic (exact) mass is 1630 g/mol. The predicted octanol–water partition coefficient (Wildman–Crippen LogP) is 8.80. The van der Waals surface area contributed by atoms with Gasteiger partial charge in [-0.2, -0.15) is 0 Å². The number of benzene rings is 10. The Morgan fingerprint density at radius 3 is 0.560 bits per heavy atom. The van der Waals surface area contributed by atoms with Gasteiger partial charge in [-0.1, -0.05) is 322 Å². The van der Waals surface area contributed by atoms with E-state index in [1.54, 1.807) is 232 Å². The SMILES string of the molecule is Cc1cc(/C=N/O)c([O-])c(/C=N/O)c1.Cc1cc(/C=N/O)c([O-])c(/C=N/O)c1.O.O.O=C(/C=C(\[O-])c1ccccc1)c1ccccc1.O=C(/C=C(\[O-])c1ccccc1)c1ccccc1.O=C(/C=C(\[O-])c1ccccc1)c1ccccc1.O=C(/C=C(\[O-])c1ccccc1)c1ccccc1.[Tb+3].[Tb+3]. The number of nitrogens with zero attached hydrogens (tertiary/aromatic N) is 4. The van der Waals surface area contributed by atoms with Crippen molar-refractivity contribution in [3.05, 3.63) is 369 Å². The second-order valence-electron chi connectivity index (χ2n) is 19.9. The van der Waals surface area contributed by atoms with Crippen molar-refractivity contribution in [3.8, 4) is 11.5 Å². The summed E-state index contributed by atoms with van der Waals surface area (Å²) in [5.41, 5.74) is 6.84. The minimum atomic E-state index is -0.341. The summed E-state index contributed by atoms with van der Waals surface area (Å²) in [6, 6.07) is 76.4. The molecule has 0 atom stereocenters. The first-order valence-corrected chi connectivity index (χ1v) is 28.9. The smallest absolute Gasteiger partial charge is 0.872 e. The second kappa shape index (κ2) is 48.7. The fourth-order valence-electron chi connectivity index (χ4n) is 8.25. The van der Waals surface area contributed by atoms with E-state index in [0.29, 0.717) is 44.5 Å². The van der Waals surface area contributed by atoms with Crippen molar-refractivity contribution in [2.75, 3.05) is 0 Å². The Labute approximate surface area is 639 Å². The van der Waals surface area contributed by atoms with Crippen molar-refractivity contribution in [2.24, 2.45) is 20.6 Å². The average Bonchev–Trinajstić information content (AvgIpc) is 0.907. The van der Waals surface area contributed by atoms with Gasteiger partial charge in [0.2, 0.25) is 0 Å². The van der Waals surface area contributed by atoms with Crippen molar-refractivity contribution in [3.63, 3.8) is 0 Å². The van der Waals surface area contributed by atoms with E-state index in [-0.39, 0.29) is 168 Å². The quantitative estimate of drug-likeness (QED) is 0.0175. The van der Waals surface area contributed by atoms with Crippen LogP contribution in [-0.4, -0.2) is 79.8 Å². The minimum Gasteiger partial charge on any atom is -0.872 e. The Hall–Kier alpha value is -11.0. The zero-order valence-corrected chi connectivity index (χ0v) is 57.6. The molecule has 0 radical (unpaired) electrons. The van der Waals surface area contributed by atoms with Gasteiger partial charge < -0.3 is 62.4 Å². The third kappa shape index (κ3) is 30.6. The first-order chi connectivity index (χ1) is 46.5. The maximum Gasteiger partial charge on any atom is 3.00 e. The first kappa shape index (κ1) is 87.0. The largest absolute Gasteiger partial charge is 3.00 e.